The van der Waals surface area contributed by atoms with E-state index in [2.05, 4.69) is 10.6 Å². The van der Waals surface area contributed by atoms with Crippen LogP contribution in [0.4, 0.5) is 13.6 Å². The van der Waals surface area contributed by atoms with Crippen molar-refractivity contribution in [3.63, 3.8) is 0 Å². The molecule has 0 spiro atoms. The van der Waals surface area contributed by atoms with Gasteiger partial charge in [0, 0.05) is 24.7 Å². The Balaban J connectivity index is 2.33. The van der Waals surface area contributed by atoms with Crippen LogP contribution in [0.1, 0.15) is 39.3 Å². The molecule has 0 saturated heterocycles. The second kappa shape index (κ2) is 8.62. The minimum atomic E-state index is -0.569. The molecule has 1 aromatic carbocycles. The molecule has 0 fully saturated rings. The van der Waals surface area contributed by atoms with Gasteiger partial charge in [0.2, 0.25) is 0 Å². The molecule has 0 saturated carbocycles. The molecule has 0 aromatic heterocycles. The van der Waals surface area contributed by atoms with E-state index in [0.717, 1.165) is 0 Å². The van der Waals surface area contributed by atoms with Crippen LogP contribution >= 0.6 is 0 Å². The number of alkyl carbamates (subject to hydrolysis) is 1. The fourth-order valence-corrected chi connectivity index (χ4v) is 1.89. The molecule has 0 radical (unpaired) electrons. The Morgan fingerprint density at radius 2 is 1.78 bits per heavy atom. The summed E-state index contributed by atoms with van der Waals surface area (Å²) >= 11 is 0. The van der Waals surface area contributed by atoms with Crippen molar-refractivity contribution in [1.29, 1.82) is 0 Å². The predicted octanol–water partition coefficient (Wildman–Crippen LogP) is 3.70. The van der Waals surface area contributed by atoms with E-state index in [1.54, 1.807) is 39.8 Å². The zero-order valence-electron chi connectivity index (χ0n) is 14.0. The lowest BCUT2D eigenvalue weighted by atomic mass is 10.1. The highest BCUT2D eigenvalue weighted by atomic mass is 19.1. The molecular weight excluding hydrogens is 302 g/mol. The molecule has 1 unspecified atom stereocenters. The molecular formula is C17H24F2N2O2. The maximum absolute atomic E-state index is 13.6. The Labute approximate surface area is 135 Å². The summed E-state index contributed by atoms with van der Waals surface area (Å²) in [4.78, 5) is 11.4. The van der Waals surface area contributed by atoms with E-state index in [0.29, 0.717) is 13.1 Å². The van der Waals surface area contributed by atoms with Crippen molar-refractivity contribution in [2.24, 2.45) is 0 Å². The summed E-state index contributed by atoms with van der Waals surface area (Å²) < 4.78 is 32.3. The fraction of sp³-hybridized carbons (Fsp3) is 0.471. The van der Waals surface area contributed by atoms with Gasteiger partial charge in [0.15, 0.2) is 0 Å². The first kappa shape index (κ1) is 19.1. The summed E-state index contributed by atoms with van der Waals surface area (Å²) in [7, 11) is 0. The summed E-state index contributed by atoms with van der Waals surface area (Å²) in [5, 5.41) is 5.58. The first-order valence-electron chi connectivity index (χ1n) is 7.50. The normalized spacial score (nSPS) is 13.1. The molecule has 0 bridgehead atoms. The first-order chi connectivity index (χ1) is 10.7. The topological polar surface area (TPSA) is 50.4 Å². The van der Waals surface area contributed by atoms with Crippen LogP contribution in [0.3, 0.4) is 0 Å². The lowest BCUT2D eigenvalue weighted by Gasteiger charge is -2.19. The molecule has 0 aliphatic heterocycles. The van der Waals surface area contributed by atoms with Crippen molar-refractivity contribution in [2.45, 2.75) is 39.3 Å². The van der Waals surface area contributed by atoms with Crippen LogP contribution in [0.5, 0.6) is 0 Å². The number of carbonyl (C=O) groups is 1. The number of rotatable bonds is 6. The van der Waals surface area contributed by atoms with Gasteiger partial charge < -0.3 is 15.4 Å². The third-order valence-electron chi connectivity index (χ3n) is 2.90. The third-order valence-corrected chi connectivity index (χ3v) is 2.90. The molecule has 2 N–H and O–H groups in total. The number of ether oxygens (including phenoxy) is 1. The number of benzene rings is 1. The average molecular weight is 326 g/mol. The van der Waals surface area contributed by atoms with Crippen molar-refractivity contribution in [1.82, 2.24) is 10.6 Å². The second-order valence-electron chi connectivity index (χ2n) is 6.12. The van der Waals surface area contributed by atoms with Crippen LogP contribution in [0.15, 0.2) is 30.4 Å². The van der Waals surface area contributed by atoms with Gasteiger partial charge in [-0.25, -0.2) is 13.6 Å². The largest absolute Gasteiger partial charge is 0.444 e. The van der Waals surface area contributed by atoms with Crippen LogP contribution < -0.4 is 10.6 Å². The third kappa shape index (κ3) is 7.23. The van der Waals surface area contributed by atoms with Gasteiger partial charge in [0.1, 0.15) is 17.2 Å². The standard InChI is InChI=1S/C17H24F2N2O2/c1-12(15-13(18)8-7-9-14(15)19)20-10-5-6-11-21-16(22)23-17(2,3)4/h5-9,12,20H,10-11H2,1-4H3,(H,21,22)/b6-5+. The first-order valence-corrected chi connectivity index (χ1v) is 7.50. The van der Waals surface area contributed by atoms with Gasteiger partial charge in [-0.3, -0.25) is 0 Å². The van der Waals surface area contributed by atoms with Crippen molar-refractivity contribution >= 4 is 6.09 Å². The maximum Gasteiger partial charge on any atom is 0.407 e. The number of carbonyl (C=O) groups excluding carboxylic acids is 1. The predicted molar refractivity (Wildman–Crippen MR) is 86.2 cm³/mol. The van der Waals surface area contributed by atoms with E-state index in [9.17, 15) is 13.6 Å². The minimum Gasteiger partial charge on any atom is -0.444 e. The van der Waals surface area contributed by atoms with E-state index < -0.39 is 29.4 Å². The highest BCUT2D eigenvalue weighted by molar-refractivity contribution is 5.67. The van der Waals surface area contributed by atoms with Crippen LogP contribution in [-0.2, 0) is 4.74 Å². The number of hydrogen-bond acceptors (Lipinski definition) is 3. The summed E-state index contributed by atoms with van der Waals surface area (Å²) in [5.74, 6) is -1.14. The quantitative estimate of drug-likeness (QED) is 0.784. The molecule has 128 valence electrons. The SMILES string of the molecule is CC(NC/C=C/CNC(=O)OC(C)(C)C)c1c(F)cccc1F. The number of hydrogen-bond donors (Lipinski definition) is 2. The zero-order chi connectivity index (χ0) is 17.5. The van der Waals surface area contributed by atoms with Gasteiger partial charge >= 0.3 is 6.09 Å². The lowest BCUT2D eigenvalue weighted by Crippen LogP contribution is -2.32. The van der Waals surface area contributed by atoms with Gasteiger partial charge in [-0.1, -0.05) is 18.2 Å². The van der Waals surface area contributed by atoms with E-state index >= 15 is 0 Å². The summed E-state index contributed by atoms with van der Waals surface area (Å²) in [6, 6.07) is 3.34. The smallest absolute Gasteiger partial charge is 0.407 e. The Morgan fingerprint density at radius 1 is 1.22 bits per heavy atom. The highest BCUT2D eigenvalue weighted by Gasteiger charge is 2.15. The van der Waals surface area contributed by atoms with Gasteiger partial charge in [-0.2, -0.15) is 0 Å². The van der Waals surface area contributed by atoms with Gasteiger partial charge in [0.05, 0.1) is 0 Å². The fourth-order valence-electron chi connectivity index (χ4n) is 1.89. The average Bonchev–Trinajstić information content (AvgIpc) is 2.40. The van der Waals surface area contributed by atoms with Crippen LogP contribution in [0, 0.1) is 11.6 Å². The Bertz CT molecular complexity index is 534. The number of amides is 1. The number of nitrogens with one attached hydrogen (secondary N) is 2. The highest BCUT2D eigenvalue weighted by Crippen LogP contribution is 2.19. The summed E-state index contributed by atoms with van der Waals surface area (Å²) in [5.41, 5.74) is -0.512. The molecule has 1 amide bonds. The van der Waals surface area contributed by atoms with E-state index in [-0.39, 0.29) is 5.56 Å². The second-order valence-corrected chi connectivity index (χ2v) is 6.12. The van der Waals surface area contributed by atoms with Crippen LogP contribution in [-0.4, -0.2) is 24.8 Å². The molecule has 1 atom stereocenters. The van der Waals surface area contributed by atoms with Crippen LogP contribution in [0.25, 0.3) is 0 Å². The molecule has 1 rings (SSSR count). The molecule has 0 aliphatic rings. The van der Waals surface area contributed by atoms with Crippen molar-refractivity contribution < 1.29 is 18.3 Å². The van der Waals surface area contributed by atoms with E-state index in [1.165, 1.54) is 18.2 Å². The minimum absolute atomic E-state index is 0.0211. The summed E-state index contributed by atoms with van der Waals surface area (Å²) in [6.07, 6.45) is 3.02. The Morgan fingerprint density at radius 3 is 2.35 bits per heavy atom. The van der Waals surface area contributed by atoms with Gasteiger partial charge in [-0.15, -0.1) is 0 Å². The van der Waals surface area contributed by atoms with Crippen LogP contribution in [0.2, 0.25) is 0 Å². The monoisotopic (exact) mass is 326 g/mol. The van der Waals surface area contributed by atoms with Crippen molar-refractivity contribution in [3.05, 3.63) is 47.5 Å². The molecule has 1 aromatic rings. The Hall–Kier alpha value is -1.95. The van der Waals surface area contributed by atoms with Gasteiger partial charge in [-0.05, 0) is 39.8 Å². The van der Waals surface area contributed by atoms with Crippen molar-refractivity contribution in [3.8, 4) is 0 Å². The molecule has 0 heterocycles. The molecule has 4 nitrogen and oxygen atoms in total. The lowest BCUT2D eigenvalue weighted by molar-refractivity contribution is 0.0534. The number of halogens is 2. The van der Waals surface area contributed by atoms with E-state index in [1.807, 2.05) is 0 Å². The zero-order valence-corrected chi connectivity index (χ0v) is 14.0. The summed E-state index contributed by atoms with van der Waals surface area (Å²) in [6.45, 7) is 7.79. The van der Waals surface area contributed by atoms with E-state index in [4.69, 9.17) is 4.74 Å². The van der Waals surface area contributed by atoms with Crippen molar-refractivity contribution in [2.75, 3.05) is 13.1 Å². The molecule has 23 heavy (non-hydrogen) atoms. The molecule has 6 heteroatoms. The van der Waals surface area contributed by atoms with Gasteiger partial charge in [0.25, 0.3) is 0 Å². The molecule has 0 aliphatic carbocycles. The Kier molecular flexibility index (Phi) is 7.16. The maximum atomic E-state index is 13.6.